The molecule has 15 heavy (non-hydrogen) atoms. The molecule has 3 N–H and O–H groups in total. The van der Waals surface area contributed by atoms with E-state index in [-0.39, 0.29) is 23.9 Å². The first kappa shape index (κ1) is 12.5. The van der Waals surface area contributed by atoms with Gasteiger partial charge in [-0.05, 0) is 25.9 Å². The van der Waals surface area contributed by atoms with Gasteiger partial charge >= 0.3 is 0 Å². The van der Waals surface area contributed by atoms with Crippen LogP contribution in [0.4, 0.5) is 0 Å². The fraction of sp³-hybridized carbons (Fsp3) is 0.909. The molecule has 2 unspecified atom stereocenters. The van der Waals surface area contributed by atoms with E-state index in [0.717, 1.165) is 25.9 Å². The SMILES string of the molecule is CCC(C)[C@H](N)C(=O)NC1CCN(C)C1. The topological polar surface area (TPSA) is 58.4 Å². The van der Waals surface area contributed by atoms with Crippen LogP contribution in [0.25, 0.3) is 0 Å². The molecule has 1 aliphatic heterocycles. The molecule has 0 aliphatic carbocycles. The summed E-state index contributed by atoms with van der Waals surface area (Å²) >= 11 is 0. The lowest BCUT2D eigenvalue weighted by molar-refractivity contribution is -0.124. The van der Waals surface area contributed by atoms with Gasteiger partial charge in [-0.1, -0.05) is 20.3 Å². The van der Waals surface area contributed by atoms with E-state index in [1.807, 2.05) is 6.92 Å². The zero-order chi connectivity index (χ0) is 11.4. The number of nitrogens with zero attached hydrogens (tertiary/aromatic N) is 1. The highest BCUT2D eigenvalue weighted by atomic mass is 16.2. The molecule has 0 aromatic rings. The van der Waals surface area contributed by atoms with Gasteiger partial charge in [-0.15, -0.1) is 0 Å². The monoisotopic (exact) mass is 213 g/mol. The smallest absolute Gasteiger partial charge is 0.237 e. The third-order valence-electron chi connectivity index (χ3n) is 3.30. The molecular weight excluding hydrogens is 190 g/mol. The van der Waals surface area contributed by atoms with Gasteiger partial charge in [0, 0.05) is 12.6 Å². The van der Waals surface area contributed by atoms with E-state index in [0.29, 0.717) is 0 Å². The number of nitrogens with two attached hydrogens (primary N) is 1. The van der Waals surface area contributed by atoms with Crippen molar-refractivity contribution in [3.05, 3.63) is 0 Å². The summed E-state index contributed by atoms with van der Waals surface area (Å²) in [5, 5.41) is 3.02. The van der Waals surface area contributed by atoms with Crippen LogP contribution in [-0.2, 0) is 4.79 Å². The quantitative estimate of drug-likeness (QED) is 0.700. The van der Waals surface area contributed by atoms with Gasteiger partial charge in [0.2, 0.25) is 5.91 Å². The van der Waals surface area contributed by atoms with E-state index < -0.39 is 0 Å². The van der Waals surface area contributed by atoms with Gasteiger partial charge < -0.3 is 16.0 Å². The Morgan fingerprint density at radius 2 is 2.33 bits per heavy atom. The number of rotatable bonds is 4. The van der Waals surface area contributed by atoms with Crippen LogP contribution in [0.2, 0.25) is 0 Å². The number of amides is 1. The summed E-state index contributed by atoms with van der Waals surface area (Å²) in [6.07, 6.45) is 1.98. The Kier molecular flexibility index (Phi) is 4.54. The summed E-state index contributed by atoms with van der Waals surface area (Å²) in [7, 11) is 2.07. The van der Waals surface area contributed by atoms with Crippen molar-refractivity contribution in [2.75, 3.05) is 20.1 Å². The van der Waals surface area contributed by atoms with Crippen molar-refractivity contribution >= 4 is 5.91 Å². The second-order valence-electron chi connectivity index (χ2n) is 4.67. The highest BCUT2D eigenvalue weighted by Gasteiger charge is 2.25. The standard InChI is InChI=1S/C11H23N3O/c1-4-8(2)10(12)11(15)13-9-5-6-14(3)7-9/h8-10H,4-7,12H2,1-3H3,(H,13,15)/t8?,9?,10-/m0/s1. The Hall–Kier alpha value is -0.610. The van der Waals surface area contributed by atoms with E-state index >= 15 is 0 Å². The number of nitrogens with one attached hydrogen (secondary N) is 1. The number of likely N-dealkylation sites (N-methyl/N-ethyl adjacent to an activating group) is 1. The predicted molar refractivity (Wildman–Crippen MR) is 61.5 cm³/mol. The number of hydrogen-bond acceptors (Lipinski definition) is 3. The zero-order valence-corrected chi connectivity index (χ0v) is 9.99. The minimum Gasteiger partial charge on any atom is -0.351 e. The predicted octanol–water partition coefficient (Wildman–Crippen LogP) is 0.180. The Balaban J connectivity index is 2.35. The average Bonchev–Trinajstić information content (AvgIpc) is 2.61. The van der Waals surface area contributed by atoms with E-state index in [4.69, 9.17) is 5.73 Å². The molecular formula is C11H23N3O. The highest BCUT2D eigenvalue weighted by molar-refractivity contribution is 5.82. The first-order valence-corrected chi connectivity index (χ1v) is 5.79. The normalized spacial score (nSPS) is 26.3. The molecule has 0 spiro atoms. The van der Waals surface area contributed by atoms with E-state index in [9.17, 15) is 4.79 Å². The van der Waals surface area contributed by atoms with Gasteiger partial charge in [-0.2, -0.15) is 0 Å². The van der Waals surface area contributed by atoms with E-state index in [1.54, 1.807) is 0 Å². The molecule has 1 fully saturated rings. The summed E-state index contributed by atoms with van der Waals surface area (Å²) in [5.41, 5.74) is 5.86. The maximum Gasteiger partial charge on any atom is 0.237 e. The maximum atomic E-state index is 11.8. The van der Waals surface area contributed by atoms with Gasteiger partial charge in [0.15, 0.2) is 0 Å². The molecule has 0 saturated carbocycles. The molecule has 1 heterocycles. The van der Waals surface area contributed by atoms with E-state index in [1.165, 1.54) is 0 Å². The number of carbonyl (C=O) groups is 1. The van der Waals surface area contributed by atoms with Crippen LogP contribution in [-0.4, -0.2) is 43.0 Å². The molecule has 4 nitrogen and oxygen atoms in total. The fourth-order valence-electron chi connectivity index (χ4n) is 1.86. The van der Waals surface area contributed by atoms with Crippen molar-refractivity contribution in [1.82, 2.24) is 10.2 Å². The molecule has 0 aromatic carbocycles. The van der Waals surface area contributed by atoms with Gasteiger partial charge in [0.1, 0.15) is 0 Å². The number of hydrogen-bond donors (Lipinski definition) is 2. The Labute approximate surface area is 92.2 Å². The molecule has 0 aromatic heterocycles. The van der Waals surface area contributed by atoms with Gasteiger partial charge in [0.25, 0.3) is 0 Å². The van der Waals surface area contributed by atoms with Crippen molar-refractivity contribution in [3.63, 3.8) is 0 Å². The molecule has 1 amide bonds. The summed E-state index contributed by atoms with van der Waals surface area (Å²) in [6.45, 7) is 6.08. The first-order chi connectivity index (χ1) is 7.04. The minimum absolute atomic E-state index is 0.00431. The lowest BCUT2D eigenvalue weighted by Gasteiger charge is -2.20. The molecule has 0 bridgehead atoms. The fourth-order valence-corrected chi connectivity index (χ4v) is 1.86. The molecule has 88 valence electrons. The van der Waals surface area contributed by atoms with Crippen LogP contribution in [0.15, 0.2) is 0 Å². The molecule has 1 saturated heterocycles. The maximum absolute atomic E-state index is 11.8. The number of carbonyl (C=O) groups excluding carboxylic acids is 1. The summed E-state index contributed by atoms with van der Waals surface area (Å²) in [6, 6.07) is -0.0708. The van der Waals surface area contributed by atoms with Crippen LogP contribution in [0.3, 0.4) is 0 Å². The minimum atomic E-state index is -0.360. The summed E-state index contributed by atoms with van der Waals surface area (Å²) in [5.74, 6) is 0.258. The van der Waals surface area contributed by atoms with Crippen LogP contribution in [0.5, 0.6) is 0 Å². The van der Waals surface area contributed by atoms with Crippen molar-refractivity contribution in [2.45, 2.75) is 38.8 Å². The molecule has 0 radical (unpaired) electrons. The highest BCUT2D eigenvalue weighted by Crippen LogP contribution is 2.09. The van der Waals surface area contributed by atoms with E-state index in [2.05, 4.69) is 24.2 Å². The largest absolute Gasteiger partial charge is 0.351 e. The Morgan fingerprint density at radius 1 is 1.67 bits per heavy atom. The van der Waals surface area contributed by atoms with Gasteiger partial charge in [-0.3, -0.25) is 4.79 Å². The average molecular weight is 213 g/mol. The second-order valence-corrected chi connectivity index (χ2v) is 4.67. The number of likely N-dealkylation sites (tertiary alicyclic amines) is 1. The summed E-state index contributed by atoms with van der Waals surface area (Å²) in [4.78, 5) is 14.0. The van der Waals surface area contributed by atoms with Crippen LogP contribution in [0.1, 0.15) is 26.7 Å². The summed E-state index contributed by atoms with van der Waals surface area (Å²) < 4.78 is 0. The van der Waals surface area contributed by atoms with Crippen molar-refractivity contribution in [3.8, 4) is 0 Å². The zero-order valence-electron chi connectivity index (χ0n) is 9.99. The van der Waals surface area contributed by atoms with Crippen LogP contribution < -0.4 is 11.1 Å². The lowest BCUT2D eigenvalue weighted by Crippen LogP contribution is -2.48. The molecule has 4 heteroatoms. The Morgan fingerprint density at radius 3 is 2.80 bits per heavy atom. The van der Waals surface area contributed by atoms with Gasteiger partial charge in [0.05, 0.1) is 6.04 Å². The van der Waals surface area contributed by atoms with Crippen LogP contribution in [0, 0.1) is 5.92 Å². The Bertz CT molecular complexity index is 220. The molecule has 1 aliphatic rings. The van der Waals surface area contributed by atoms with Crippen LogP contribution >= 0.6 is 0 Å². The van der Waals surface area contributed by atoms with Crippen molar-refractivity contribution in [1.29, 1.82) is 0 Å². The lowest BCUT2D eigenvalue weighted by atomic mass is 9.99. The third kappa shape index (κ3) is 3.47. The van der Waals surface area contributed by atoms with Crippen molar-refractivity contribution < 1.29 is 4.79 Å². The molecule has 1 rings (SSSR count). The van der Waals surface area contributed by atoms with Crippen molar-refractivity contribution in [2.24, 2.45) is 11.7 Å². The van der Waals surface area contributed by atoms with Gasteiger partial charge in [-0.25, -0.2) is 0 Å². The molecule has 3 atom stereocenters. The second kappa shape index (κ2) is 5.47. The third-order valence-corrected chi connectivity index (χ3v) is 3.30. The first-order valence-electron chi connectivity index (χ1n) is 5.79.